The summed E-state index contributed by atoms with van der Waals surface area (Å²) in [5.74, 6) is 0. The molecule has 0 amide bonds. The van der Waals surface area contributed by atoms with Crippen LogP contribution in [0.15, 0.2) is 91.0 Å². The van der Waals surface area contributed by atoms with Gasteiger partial charge in [-0.3, -0.25) is 0 Å². The Hall–Kier alpha value is -3.32. The lowest BCUT2D eigenvalue weighted by Gasteiger charge is -2.30. The number of para-hydroxylation sites is 2. The normalized spacial score (nSPS) is 12.5. The molecule has 0 bridgehead atoms. The molecule has 5 rings (SSSR count). The molecular formula is C36H41N. The number of hydrogen-bond donors (Lipinski definition) is 0. The molecule has 190 valence electrons. The number of benzene rings is 4. The van der Waals surface area contributed by atoms with Gasteiger partial charge in [-0.2, -0.15) is 0 Å². The van der Waals surface area contributed by atoms with E-state index in [1.807, 2.05) is 0 Å². The topological polar surface area (TPSA) is 4.93 Å². The molecule has 1 heterocycles. The van der Waals surface area contributed by atoms with Crippen LogP contribution in [0.25, 0.3) is 27.5 Å². The van der Waals surface area contributed by atoms with E-state index in [0.29, 0.717) is 0 Å². The van der Waals surface area contributed by atoms with Crippen LogP contribution in [-0.2, 0) is 23.7 Å². The maximum absolute atomic E-state index is 2.49. The van der Waals surface area contributed by atoms with Crippen molar-refractivity contribution in [3.8, 4) is 5.69 Å². The molecule has 4 aromatic carbocycles. The maximum atomic E-state index is 2.49. The summed E-state index contributed by atoms with van der Waals surface area (Å²) in [6.07, 6.45) is 4.69. The number of nitrogens with zero attached hydrogens (tertiary/aromatic N) is 1. The second-order valence-corrected chi connectivity index (χ2v) is 12.3. The van der Waals surface area contributed by atoms with Crippen LogP contribution in [0.5, 0.6) is 0 Å². The molecule has 0 radical (unpaired) electrons. The van der Waals surface area contributed by atoms with Gasteiger partial charge in [-0.25, -0.2) is 0 Å². The van der Waals surface area contributed by atoms with Crippen molar-refractivity contribution in [2.75, 3.05) is 0 Å². The van der Waals surface area contributed by atoms with Crippen LogP contribution < -0.4 is 0 Å². The van der Waals surface area contributed by atoms with Crippen LogP contribution in [-0.4, -0.2) is 4.57 Å². The van der Waals surface area contributed by atoms with Crippen molar-refractivity contribution in [3.63, 3.8) is 0 Å². The van der Waals surface area contributed by atoms with Gasteiger partial charge in [0, 0.05) is 16.5 Å². The van der Waals surface area contributed by atoms with Gasteiger partial charge in [0.05, 0.1) is 11.0 Å². The highest BCUT2D eigenvalue weighted by molar-refractivity contribution is 6.09. The van der Waals surface area contributed by atoms with Gasteiger partial charge in [-0.15, -0.1) is 0 Å². The van der Waals surface area contributed by atoms with E-state index in [-0.39, 0.29) is 10.8 Å². The molecule has 0 N–H and O–H groups in total. The third kappa shape index (κ3) is 4.97. The summed E-state index contributed by atoms with van der Waals surface area (Å²) in [6.45, 7) is 14.1. The molecule has 37 heavy (non-hydrogen) atoms. The minimum absolute atomic E-state index is 0.0305. The van der Waals surface area contributed by atoms with E-state index >= 15 is 0 Å². The fraction of sp³-hybridized carbons (Fsp3) is 0.333. The van der Waals surface area contributed by atoms with Crippen LogP contribution in [0.3, 0.4) is 0 Å². The Morgan fingerprint density at radius 2 is 1.27 bits per heavy atom. The molecule has 0 fully saturated rings. The highest BCUT2D eigenvalue weighted by Crippen LogP contribution is 2.36. The quantitative estimate of drug-likeness (QED) is 0.215. The maximum Gasteiger partial charge on any atom is 0.0541 e. The SMILES string of the molecule is CCCCc1ccc(C(C)(C)C)c(CC(C)(C)c2ccc(-n3c4ccccc4c4ccccc43)cc2)c1. The predicted molar refractivity (Wildman–Crippen MR) is 161 cm³/mol. The Labute approximate surface area is 223 Å². The molecule has 1 nitrogen and oxygen atoms in total. The van der Waals surface area contributed by atoms with E-state index in [1.165, 1.54) is 69.0 Å². The highest BCUT2D eigenvalue weighted by Gasteiger charge is 2.26. The van der Waals surface area contributed by atoms with Gasteiger partial charge in [0.2, 0.25) is 0 Å². The van der Waals surface area contributed by atoms with Crippen LogP contribution in [0.2, 0.25) is 0 Å². The molecule has 1 heteroatoms. The minimum atomic E-state index is 0.0305. The number of aryl methyl sites for hydroxylation is 1. The van der Waals surface area contributed by atoms with Crippen molar-refractivity contribution in [1.29, 1.82) is 0 Å². The van der Waals surface area contributed by atoms with E-state index in [4.69, 9.17) is 0 Å². The largest absolute Gasteiger partial charge is 0.309 e. The zero-order chi connectivity index (χ0) is 26.2. The van der Waals surface area contributed by atoms with Gasteiger partial charge in [-0.05, 0) is 76.6 Å². The van der Waals surface area contributed by atoms with E-state index < -0.39 is 0 Å². The molecule has 5 aromatic rings. The second-order valence-electron chi connectivity index (χ2n) is 12.3. The van der Waals surface area contributed by atoms with E-state index in [2.05, 4.69) is 137 Å². The van der Waals surface area contributed by atoms with E-state index in [1.54, 1.807) is 0 Å². The Morgan fingerprint density at radius 1 is 0.676 bits per heavy atom. The van der Waals surface area contributed by atoms with Gasteiger partial charge < -0.3 is 4.57 Å². The Kier molecular flexibility index (Phi) is 6.75. The zero-order valence-electron chi connectivity index (χ0n) is 23.4. The first-order chi connectivity index (χ1) is 17.7. The fourth-order valence-corrected chi connectivity index (χ4v) is 5.90. The summed E-state index contributed by atoms with van der Waals surface area (Å²) in [4.78, 5) is 0. The van der Waals surface area contributed by atoms with E-state index in [9.17, 15) is 0 Å². The van der Waals surface area contributed by atoms with Crippen LogP contribution in [0, 0.1) is 0 Å². The molecule has 1 aromatic heterocycles. The molecule has 0 aliphatic carbocycles. The molecule has 0 atom stereocenters. The number of hydrogen-bond acceptors (Lipinski definition) is 0. The predicted octanol–water partition coefficient (Wildman–Crippen LogP) is 9.94. The number of rotatable bonds is 7. The molecule has 0 saturated heterocycles. The van der Waals surface area contributed by atoms with Crippen molar-refractivity contribution >= 4 is 21.8 Å². The average Bonchev–Trinajstić information content (AvgIpc) is 3.21. The minimum Gasteiger partial charge on any atom is -0.309 e. The number of fused-ring (bicyclic) bond motifs is 3. The van der Waals surface area contributed by atoms with Crippen molar-refractivity contribution in [3.05, 3.63) is 113 Å². The van der Waals surface area contributed by atoms with Gasteiger partial charge in [0.25, 0.3) is 0 Å². The van der Waals surface area contributed by atoms with E-state index in [0.717, 1.165) is 6.42 Å². The Bertz CT molecular complexity index is 1470. The molecule has 0 aliphatic rings. The lowest BCUT2D eigenvalue weighted by molar-refractivity contribution is 0.506. The smallest absolute Gasteiger partial charge is 0.0541 e. The van der Waals surface area contributed by atoms with Crippen LogP contribution in [0.1, 0.15) is 76.6 Å². The molecule has 0 saturated carbocycles. The van der Waals surface area contributed by atoms with Gasteiger partial charge in [0.15, 0.2) is 0 Å². The van der Waals surface area contributed by atoms with Gasteiger partial charge >= 0.3 is 0 Å². The standard InChI is InChI=1S/C36H41N/c1-7-8-13-26-18-23-32(35(2,3)4)27(24-26)25-36(5,6)28-19-21-29(22-20-28)37-33-16-11-9-14-30(33)31-15-10-12-17-34(31)37/h9-12,14-24H,7-8,13,25H2,1-6H3. The first kappa shape index (κ1) is 25.3. The van der Waals surface area contributed by atoms with Crippen molar-refractivity contribution < 1.29 is 0 Å². The zero-order valence-corrected chi connectivity index (χ0v) is 23.4. The first-order valence-electron chi connectivity index (χ1n) is 13.9. The third-order valence-corrected chi connectivity index (χ3v) is 7.92. The molecule has 0 spiro atoms. The second kappa shape index (κ2) is 9.86. The summed E-state index contributed by atoms with van der Waals surface area (Å²) < 4.78 is 2.40. The highest BCUT2D eigenvalue weighted by atomic mass is 15.0. The Balaban J connectivity index is 1.51. The van der Waals surface area contributed by atoms with Crippen molar-refractivity contribution in [2.45, 2.75) is 78.1 Å². The van der Waals surface area contributed by atoms with Gasteiger partial charge in [-0.1, -0.05) is 115 Å². The summed E-state index contributed by atoms with van der Waals surface area (Å²) in [6, 6.07) is 34.0. The molecule has 0 unspecified atom stereocenters. The molecule has 0 aliphatic heterocycles. The summed E-state index contributed by atoms with van der Waals surface area (Å²) in [5.41, 5.74) is 9.73. The number of aromatic nitrogens is 1. The number of unbranched alkanes of at least 4 members (excludes halogenated alkanes) is 1. The first-order valence-corrected chi connectivity index (χ1v) is 13.9. The van der Waals surface area contributed by atoms with Crippen molar-refractivity contribution in [2.24, 2.45) is 0 Å². The monoisotopic (exact) mass is 487 g/mol. The average molecular weight is 488 g/mol. The fourth-order valence-electron chi connectivity index (χ4n) is 5.90. The Morgan fingerprint density at radius 3 is 1.84 bits per heavy atom. The summed E-state index contributed by atoms with van der Waals surface area (Å²) in [7, 11) is 0. The lowest BCUT2D eigenvalue weighted by atomic mass is 9.74. The van der Waals surface area contributed by atoms with Crippen LogP contribution in [0.4, 0.5) is 0 Å². The summed E-state index contributed by atoms with van der Waals surface area (Å²) >= 11 is 0. The van der Waals surface area contributed by atoms with Crippen LogP contribution >= 0.6 is 0 Å². The lowest BCUT2D eigenvalue weighted by Crippen LogP contribution is -2.24. The summed E-state index contributed by atoms with van der Waals surface area (Å²) in [5, 5.41) is 2.61. The van der Waals surface area contributed by atoms with Crippen molar-refractivity contribution in [1.82, 2.24) is 4.57 Å². The molecular weight excluding hydrogens is 446 g/mol. The third-order valence-electron chi connectivity index (χ3n) is 7.92. The van der Waals surface area contributed by atoms with Gasteiger partial charge in [0.1, 0.15) is 0 Å².